The Morgan fingerprint density at radius 2 is 1.79 bits per heavy atom. The Kier molecular flexibility index (Phi) is 6.34. The Morgan fingerprint density at radius 1 is 1.11 bits per heavy atom. The predicted octanol–water partition coefficient (Wildman–Crippen LogP) is 7.27. The molecule has 1 N–H and O–H groups in total. The summed E-state index contributed by atoms with van der Waals surface area (Å²) in [6.45, 7) is 14.1. The molecular weight excluding hydrogens is 366 g/mol. The number of aryl methyl sites for hydroxylation is 1. The van der Waals surface area contributed by atoms with Crippen molar-refractivity contribution in [2.24, 2.45) is 0 Å². The van der Waals surface area contributed by atoms with Crippen molar-refractivity contribution < 1.29 is 0 Å². The molecule has 28 heavy (non-hydrogen) atoms. The molecule has 2 aromatic heterocycles. The van der Waals surface area contributed by atoms with Gasteiger partial charge < -0.3 is 9.88 Å². The molecule has 0 fully saturated rings. The van der Waals surface area contributed by atoms with Crippen LogP contribution in [0.4, 0.5) is 5.69 Å². The summed E-state index contributed by atoms with van der Waals surface area (Å²) in [5.41, 5.74) is 8.45. The van der Waals surface area contributed by atoms with E-state index in [2.05, 4.69) is 80.7 Å². The summed E-state index contributed by atoms with van der Waals surface area (Å²) in [5.74, 6) is 0.602. The van der Waals surface area contributed by atoms with Crippen LogP contribution in [-0.2, 0) is 13.0 Å². The number of fused-ring (bicyclic) bond motifs is 1. The fourth-order valence-corrected chi connectivity index (χ4v) is 4.20. The van der Waals surface area contributed by atoms with Gasteiger partial charge in [-0.3, -0.25) is 0 Å². The van der Waals surface area contributed by atoms with Gasteiger partial charge in [-0.25, -0.2) is 4.98 Å². The first-order valence-corrected chi connectivity index (χ1v) is 10.8. The number of benzene rings is 1. The minimum Gasteiger partial charge on any atom is -0.379 e. The molecule has 0 amide bonds. The summed E-state index contributed by atoms with van der Waals surface area (Å²) in [6.07, 6.45) is 2.14. The molecule has 0 aliphatic rings. The van der Waals surface area contributed by atoms with Crippen molar-refractivity contribution in [2.45, 2.75) is 72.9 Å². The SMILES string of the molecule is CCc1c(C)c2nc(Cl)cc(NCc3ccc(C(C)CC)cc3)c2n1C(C)C. The highest BCUT2D eigenvalue weighted by molar-refractivity contribution is 6.30. The average Bonchev–Trinajstić information content (AvgIpc) is 2.98. The van der Waals surface area contributed by atoms with Gasteiger partial charge in [0.25, 0.3) is 0 Å². The summed E-state index contributed by atoms with van der Waals surface area (Å²) in [6, 6.07) is 11.3. The predicted molar refractivity (Wildman–Crippen MR) is 122 cm³/mol. The third kappa shape index (κ3) is 3.91. The number of aromatic nitrogens is 2. The van der Waals surface area contributed by atoms with Crippen LogP contribution in [0.5, 0.6) is 0 Å². The molecule has 3 nitrogen and oxygen atoms in total. The lowest BCUT2D eigenvalue weighted by molar-refractivity contribution is 0.596. The smallest absolute Gasteiger partial charge is 0.131 e. The van der Waals surface area contributed by atoms with Gasteiger partial charge in [0.15, 0.2) is 0 Å². The van der Waals surface area contributed by atoms with Crippen molar-refractivity contribution in [3.63, 3.8) is 0 Å². The van der Waals surface area contributed by atoms with Gasteiger partial charge in [0, 0.05) is 24.3 Å². The molecule has 1 unspecified atom stereocenters. The summed E-state index contributed by atoms with van der Waals surface area (Å²) in [4.78, 5) is 4.65. The van der Waals surface area contributed by atoms with E-state index in [9.17, 15) is 0 Å². The first-order chi connectivity index (χ1) is 13.4. The fraction of sp³-hybridized carbons (Fsp3) is 0.458. The Labute approximate surface area is 174 Å². The molecular formula is C24H32ClN3. The monoisotopic (exact) mass is 397 g/mol. The molecule has 3 aromatic rings. The zero-order valence-corrected chi connectivity index (χ0v) is 18.7. The first kappa shape index (κ1) is 20.7. The van der Waals surface area contributed by atoms with Gasteiger partial charge in [-0.15, -0.1) is 0 Å². The second kappa shape index (κ2) is 8.57. The second-order valence-electron chi connectivity index (χ2n) is 7.98. The van der Waals surface area contributed by atoms with Crippen LogP contribution in [0, 0.1) is 6.92 Å². The van der Waals surface area contributed by atoms with E-state index in [1.54, 1.807) is 0 Å². The molecule has 3 rings (SSSR count). The van der Waals surface area contributed by atoms with Crippen LogP contribution in [0.25, 0.3) is 11.0 Å². The van der Waals surface area contributed by atoms with E-state index < -0.39 is 0 Å². The molecule has 2 heterocycles. The average molecular weight is 398 g/mol. The van der Waals surface area contributed by atoms with Crippen LogP contribution in [0.2, 0.25) is 5.15 Å². The highest BCUT2D eigenvalue weighted by Gasteiger charge is 2.20. The first-order valence-electron chi connectivity index (χ1n) is 10.4. The van der Waals surface area contributed by atoms with Crippen molar-refractivity contribution in [1.82, 2.24) is 9.55 Å². The highest BCUT2D eigenvalue weighted by Crippen LogP contribution is 2.35. The molecule has 1 atom stereocenters. The number of rotatable bonds is 7. The second-order valence-corrected chi connectivity index (χ2v) is 8.37. The standard InChI is InChI=1S/C24H32ClN3/c1-7-16(5)19-11-9-18(10-12-19)14-26-20-13-22(25)27-23-17(6)21(8-2)28(15(3)4)24(20)23/h9-13,15-16H,7-8,14H2,1-6H3,(H,26,27). The molecule has 0 aliphatic heterocycles. The van der Waals surface area contributed by atoms with E-state index in [0.717, 1.165) is 36.1 Å². The molecule has 0 aliphatic carbocycles. The maximum absolute atomic E-state index is 6.37. The number of anilines is 1. The summed E-state index contributed by atoms with van der Waals surface area (Å²) in [7, 11) is 0. The molecule has 0 saturated heterocycles. The van der Waals surface area contributed by atoms with Gasteiger partial charge in [0.1, 0.15) is 5.15 Å². The van der Waals surface area contributed by atoms with E-state index in [-0.39, 0.29) is 0 Å². The van der Waals surface area contributed by atoms with Gasteiger partial charge in [-0.05, 0) is 56.2 Å². The lowest BCUT2D eigenvalue weighted by Crippen LogP contribution is -2.08. The maximum Gasteiger partial charge on any atom is 0.131 e. The third-order valence-electron chi connectivity index (χ3n) is 5.78. The molecule has 4 heteroatoms. The number of halogens is 1. The van der Waals surface area contributed by atoms with Gasteiger partial charge in [0.05, 0.1) is 16.7 Å². The van der Waals surface area contributed by atoms with E-state index in [1.165, 1.54) is 22.4 Å². The van der Waals surface area contributed by atoms with Crippen LogP contribution in [0.1, 0.15) is 75.4 Å². The van der Waals surface area contributed by atoms with Crippen molar-refractivity contribution in [2.75, 3.05) is 5.32 Å². The lowest BCUT2D eigenvalue weighted by atomic mass is 9.98. The van der Waals surface area contributed by atoms with E-state index in [4.69, 9.17) is 11.6 Å². The molecule has 0 bridgehead atoms. The highest BCUT2D eigenvalue weighted by atomic mass is 35.5. The van der Waals surface area contributed by atoms with Crippen molar-refractivity contribution in [3.05, 3.63) is 57.9 Å². The maximum atomic E-state index is 6.37. The van der Waals surface area contributed by atoms with Crippen LogP contribution >= 0.6 is 11.6 Å². The van der Waals surface area contributed by atoms with Crippen molar-refractivity contribution in [1.29, 1.82) is 0 Å². The number of hydrogen-bond acceptors (Lipinski definition) is 2. The number of nitrogens with one attached hydrogen (secondary N) is 1. The quantitative estimate of drug-likeness (QED) is 0.425. The van der Waals surface area contributed by atoms with Crippen molar-refractivity contribution >= 4 is 28.3 Å². The number of hydrogen-bond donors (Lipinski definition) is 1. The van der Waals surface area contributed by atoms with Crippen LogP contribution < -0.4 is 5.32 Å². The Bertz CT molecular complexity index is 954. The normalized spacial score (nSPS) is 12.7. The fourth-order valence-electron chi connectivity index (χ4n) is 4.00. The Hall–Kier alpha value is -2.00. The largest absolute Gasteiger partial charge is 0.379 e. The Morgan fingerprint density at radius 3 is 2.36 bits per heavy atom. The van der Waals surface area contributed by atoms with E-state index in [0.29, 0.717) is 17.1 Å². The molecule has 0 spiro atoms. The van der Waals surface area contributed by atoms with Gasteiger partial charge in [-0.2, -0.15) is 0 Å². The molecule has 0 radical (unpaired) electrons. The molecule has 150 valence electrons. The summed E-state index contributed by atoms with van der Waals surface area (Å²) < 4.78 is 2.41. The minimum atomic E-state index is 0.365. The van der Waals surface area contributed by atoms with Gasteiger partial charge in [-0.1, -0.05) is 56.6 Å². The third-order valence-corrected chi connectivity index (χ3v) is 5.97. The van der Waals surface area contributed by atoms with Crippen LogP contribution in [0.3, 0.4) is 0 Å². The van der Waals surface area contributed by atoms with Crippen LogP contribution in [-0.4, -0.2) is 9.55 Å². The number of nitrogens with zero attached hydrogens (tertiary/aromatic N) is 2. The zero-order valence-electron chi connectivity index (χ0n) is 17.9. The number of pyridine rings is 1. The summed E-state index contributed by atoms with van der Waals surface area (Å²) in [5, 5.41) is 4.16. The van der Waals surface area contributed by atoms with Gasteiger partial charge >= 0.3 is 0 Å². The zero-order chi connectivity index (χ0) is 20.4. The molecule has 1 aromatic carbocycles. The van der Waals surface area contributed by atoms with Crippen LogP contribution in [0.15, 0.2) is 30.3 Å². The van der Waals surface area contributed by atoms with E-state index in [1.807, 2.05) is 6.07 Å². The Balaban J connectivity index is 1.97. The van der Waals surface area contributed by atoms with Gasteiger partial charge in [0.2, 0.25) is 0 Å². The summed E-state index contributed by atoms with van der Waals surface area (Å²) >= 11 is 6.37. The van der Waals surface area contributed by atoms with Crippen molar-refractivity contribution in [3.8, 4) is 0 Å². The minimum absolute atomic E-state index is 0.365. The topological polar surface area (TPSA) is 29.9 Å². The molecule has 0 saturated carbocycles. The van der Waals surface area contributed by atoms with E-state index >= 15 is 0 Å². The lowest BCUT2D eigenvalue weighted by Gasteiger charge is -2.17.